The Morgan fingerprint density at radius 3 is 2.53 bits per heavy atom. The molecule has 0 aliphatic heterocycles. The zero-order valence-corrected chi connectivity index (χ0v) is 10.6. The van der Waals surface area contributed by atoms with Crippen LogP contribution in [0.4, 0.5) is 0 Å². The van der Waals surface area contributed by atoms with Gasteiger partial charge in [-0.25, -0.2) is 0 Å². The lowest BCUT2D eigenvalue weighted by Gasteiger charge is -2.03. The van der Waals surface area contributed by atoms with Crippen molar-refractivity contribution in [2.45, 2.75) is 32.6 Å². The molecular weight excluding hydrogens is 216 g/mol. The molecule has 0 radical (unpaired) electrons. The molecule has 3 nitrogen and oxygen atoms in total. The summed E-state index contributed by atoms with van der Waals surface area (Å²) < 4.78 is 10.5. The van der Waals surface area contributed by atoms with E-state index in [-0.39, 0.29) is 5.43 Å². The van der Waals surface area contributed by atoms with E-state index in [0.717, 1.165) is 6.42 Å². The average molecular weight is 236 g/mol. The minimum Gasteiger partial charge on any atom is -0.494 e. The average Bonchev–Trinajstić information content (AvgIpc) is 2.51. The van der Waals surface area contributed by atoms with Gasteiger partial charge in [0.15, 0.2) is 5.75 Å². The number of methoxy groups -OCH3 is 1. The highest BCUT2D eigenvalue weighted by Gasteiger charge is 1.97. The Kier molecular flexibility index (Phi) is 6.15. The lowest BCUT2D eigenvalue weighted by molar-refractivity contribution is 0.305. The van der Waals surface area contributed by atoms with Crippen LogP contribution in [-0.4, -0.2) is 13.7 Å². The predicted molar refractivity (Wildman–Crippen MR) is 68.9 cm³/mol. The molecule has 0 bridgehead atoms. The van der Waals surface area contributed by atoms with E-state index in [2.05, 4.69) is 6.92 Å². The predicted octanol–water partition coefficient (Wildman–Crippen LogP) is 3.01. The van der Waals surface area contributed by atoms with Gasteiger partial charge in [0, 0.05) is 0 Å². The Hall–Kier alpha value is -1.51. The molecule has 0 aliphatic carbocycles. The number of hydrogen-bond donors (Lipinski definition) is 0. The summed E-state index contributed by atoms with van der Waals surface area (Å²) in [6.07, 6.45) is 4.70. The van der Waals surface area contributed by atoms with Crippen molar-refractivity contribution in [2.24, 2.45) is 0 Å². The van der Waals surface area contributed by atoms with Crippen LogP contribution in [-0.2, 0) is 0 Å². The fourth-order valence-electron chi connectivity index (χ4n) is 1.52. The van der Waals surface area contributed by atoms with Gasteiger partial charge in [0.1, 0.15) is 5.75 Å². The van der Waals surface area contributed by atoms with Gasteiger partial charge >= 0.3 is 0 Å². The third kappa shape index (κ3) is 4.89. The van der Waals surface area contributed by atoms with Crippen LogP contribution >= 0.6 is 0 Å². The summed E-state index contributed by atoms with van der Waals surface area (Å²) >= 11 is 0. The third-order valence-electron chi connectivity index (χ3n) is 2.53. The second kappa shape index (κ2) is 7.71. The topological polar surface area (TPSA) is 35.5 Å². The highest BCUT2D eigenvalue weighted by Crippen LogP contribution is 2.11. The molecule has 0 saturated carbocycles. The van der Waals surface area contributed by atoms with Crippen molar-refractivity contribution in [3.63, 3.8) is 0 Å². The smallest absolute Gasteiger partial charge is 0.220 e. The molecule has 17 heavy (non-hydrogen) atoms. The Balaban J connectivity index is 2.50. The molecule has 0 amide bonds. The molecule has 94 valence electrons. The highest BCUT2D eigenvalue weighted by atomic mass is 16.5. The first-order chi connectivity index (χ1) is 8.27. The summed E-state index contributed by atoms with van der Waals surface area (Å²) in [5.41, 5.74) is -0.131. The fraction of sp³-hybridized carbons (Fsp3) is 0.500. The van der Waals surface area contributed by atoms with Crippen molar-refractivity contribution in [3.05, 3.63) is 34.5 Å². The van der Waals surface area contributed by atoms with Crippen LogP contribution in [0.3, 0.4) is 0 Å². The van der Waals surface area contributed by atoms with Crippen LogP contribution in [0.25, 0.3) is 0 Å². The molecule has 3 heteroatoms. The Bertz CT molecular complexity index is 388. The van der Waals surface area contributed by atoms with E-state index in [4.69, 9.17) is 9.47 Å². The molecule has 0 fully saturated rings. The second-order valence-electron chi connectivity index (χ2n) is 3.91. The normalized spacial score (nSPS) is 10.0. The van der Waals surface area contributed by atoms with Crippen LogP contribution in [0.15, 0.2) is 29.1 Å². The molecule has 0 aromatic heterocycles. The molecule has 0 saturated heterocycles. The minimum atomic E-state index is -0.131. The molecule has 0 unspecified atom stereocenters. The molecule has 0 aliphatic rings. The SMILES string of the molecule is CCCCCCOc1ccc(OC)c(=O)cc1. The van der Waals surface area contributed by atoms with Gasteiger partial charge in [-0.1, -0.05) is 26.2 Å². The van der Waals surface area contributed by atoms with Crippen molar-refractivity contribution < 1.29 is 9.47 Å². The monoisotopic (exact) mass is 236 g/mol. The maximum atomic E-state index is 11.4. The first-order valence-corrected chi connectivity index (χ1v) is 6.09. The molecule has 1 aromatic carbocycles. The van der Waals surface area contributed by atoms with Crippen molar-refractivity contribution in [1.82, 2.24) is 0 Å². The first kappa shape index (κ1) is 13.6. The van der Waals surface area contributed by atoms with Crippen LogP contribution in [0.1, 0.15) is 32.6 Å². The van der Waals surface area contributed by atoms with Gasteiger partial charge in [-0.2, -0.15) is 0 Å². The Morgan fingerprint density at radius 1 is 1.06 bits per heavy atom. The summed E-state index contributed by atoms with van der Waals surface area (Å²) in [7, 11) is 1.49. The lowest BCUT2D eigenvalue weighted by atomic mass is 10.2. The number of unbranched alkanes of at least 4 members (excludes halogenated alkanes) is 3. The molecule has 1 aromatic rings. The van der Waals surface area contributed by atoms with Crippen LogP contribution in [0, 0.1) is 0 Å². The van der Waals surface area contributed by atoms with Crippen molar-refractivity contribution in [2.75, 3.05) is 13.7 Å². The first-order valence-electron chi connectivity index (χ1n) is 6.09. The van der Waals surface area contributed by atoms with E-state index >= 15 is 0 Å². The summed E-state index contributed by atoms with van der Waals surface area (Å²) in [6.45, 7) is 2.88. The second-order valence-corrected chi connectivity index (χ2v) is 3.91. The fourth-order valence-corrected chi connectivity index (χ4v) is 1.52. The molecular formula is C14H20O3. The molecule has 0 atom stereocenters. The van der Waals surface area contributed by atoms with Gasteiger partial charge in [-0.15, -0.1) is 0 Å². The van der Waals surface area contributed by atoms with Gasteiger partial charge < -0.3 is 9.47 Å². The van der Waals surface area contributed by atoms with E-state index in [1.54, 1.807) is 18.2 Å². The van der Waals surface area contributed by atoms with Crippen molar-refractivity contribution in [3.8, 4) is 11.5 Å². The van der Waals surface area contributed by atoms with E-state index in [1.165, 1.54) is 32.4 Å². The van der Waals surface area contributed by atoms with Gasteiger partial charge in [0.05, 0.1) is 13.7 Å². The number of hydrogen-bond acceptors (Lipinski definition) is 3. The number of rotatable bonds is 7. The zero-order chi connectivity index (χ0) is 12.5. The standard InChI is InChI=1S/C14H20O3/c1-3-4-5-6-11-17-12-7-9-13(15)14(16-2)10-8-12/h7-10H,3-6,11H2,1-2H3. The Morgan fingerprint density at radius 2 is 1.82 bits per heavy atom. The summed E-state index contributed by atoms with van der Waals surface area (Å²) in [6, 6.07) is 6.56. The van der Waals surface area contributed by atoms with Crippen molar-refractivity contribution >= 4 is 0 Å². The van der Waals surface area contributed by atoms with Crippen LogP contribution in [0.5, 0.6) is 11.5 Å². The van der Waals surface area contributed by atoms with E-state index in [9.17, 15) is 4.79 Å². The van der Waals surface area contributed by atoms with E-state index in [0.29, 0.717) is 18.1 Å². The Labute approximate surface area is 102 Å². The van der Waals surface area contributed by atoms with Crippen LogP contribution in [0.2, 0.25) is 0 Å². The maximum Gasteiger partial charge on any atom is 0.220 e. The third-order valence-corrected chi connectivity index (χ3v) is 2.53. The lowest BCUT2D eigenvalue weighted by Crippen LogP contribution is -1.99. The summed E-state index contributed by atoms with van der Waals surface area (Å²) in [5, 5.41) is 0. The van der Waals surface area contributed by atoms with Crippen molar-refractivity contribution in [1.29, 1.82) is 0 Å². The van der Waals surface area contributed by atoms with Crippen LogP contribution < -0.4 is 14.9 Å². The molecule has 1 rings (SSSR count). The van der Waals surface area contributed by atoms with E-state index in [1.807, 2.05) is 0 Å². The summed E-state index contributed by atoms with van der Waals surface area (Å²) in [4.78, 5) is 11.4. The van der Waals surface area contributed by atoms with Gasteiger partial charge in [-0.3, -0.25) is 4.79 Å². The highest BCUT2D eigenvalue weighted by molar-refractivity contribution is 5.28. The van der Waals surface area contributed by atoms with Gasteiger partial charge in [-0.05, 0) is 30.7 Å². The van der Waals surface area contributed by atoms with Gasteiger partial charge in [0.25, 0.3) is 0 Å². The molecule has 0 N–H and O–H groups in total. The minimum absolute atomic E-state index is 0.131. The molecule has 0 heterocycles. The van der Waals surface area contributed by atoms with Gasteiger partial charge in [0.2, 0.25) is 5.43 Å². The molecule has 0 spiro atoms. The maximum absolute atomic E-state index is 11.4. The largest absolute Gasteiger partial charge is 0.494 e. The summed E-state index contributed by atoms with van der Waals surface area (Å²) in [5.74, 6) is 1.05. The zero-order valence-electron chi connectivity index (χ0n) is 10.6. The number of ether oxygens (including phenoxy) is 2. The quantitative estimate of drug-likeness (QED) is 0.683. The van der Waals surface area contributed by atoms with E-state index < -0.39 is 0 Å².